The Bertz CT molecular complexity index is 490. The van der Waals surface area contributed by atoms with Crippen LogP contribution in [0.3, 0.4) is 0 Å². The van der Waals surface area contributed by atoms with Gasteiger partial charge in [0, 0.05) is 28.7 Å². The molecule has 0 radical (unpaired) electrons. The number of fused-ring (bicyclic) bond motifs is 1. The summed E-state index contributed by atoms with van der Waals surface area (Å²) >= 11 is 2.81. The Kier molecular flexibility index (Phi) is 3.06. The molecule has 17 heavy (non-hydrogen) atoms. The number of carbonyl (C=O) groups excluding carboxylic acids is 2. The molecule has 1 aliphatic rings. The van der Waals surface area contributed by atoms with Gasteiger partial charge in [-0.05, 0) is 25.1 Å². The lowest BCUT2D eigenvalue weighted by molar-refractivity contribution is -0.124. The maximum absolute atomic E-state index is 11.9. The predicted molar refractivity (Wildman–Crippen MR) is 67.9 cm³/mol. The Morgan fingerprint density at radius 3 is 2.82 bits per heavy atom. The number of rotatable bonds is 1. The van der Waals surface area contributed by atoms with Crippen molar-refractivity contribution in [3.05, 3.63) is 18.2 Å². The number of ether oxygens (including phenoxy) is 1. The van der Waals surface area contributed by atoms with Crippen molar-refractivity contribution < 1.29 is 14.3 Å². The molecule has 0 aliphatic carbocycles. The molecule has 1 N–H and O–H groups in total. The first-order valence-electron chi connectivity index (χ1n) is 5.06. The molecule has 0 fully saturated rings. The minimum atomic E-state index is -0.663. The quantitative estimate of drug-likeness (QED) is 0.639. The Morgan fingerprint density at radius 1 is 1.53 bits per heavy atom. The normalized spacial score (nSPS) is 18.4. The van der Waals surface area contributed by atoms with E-state index < -0.39 is 10.9 Å². The van der Waals surface area contributed by atoms with Crippen molar-refractivity contribution in [3.63, 3.8) is 0 Å². The van der Waals surface area contributed by atoms with E-state index >= 15 is 0 Å². The van der Waals surface area contributed by atoms with Crippen LogP contribution in [-0.2, 0) is 4.79 Å². The van der Waals surface area contributed by atoms with E-state index in [-0.39, 0.29) is 5.91 Å². The molecule has 0 saturated heterocycles. The summed E-state index contributed by atoms with van der Waals surface area (Å²) in [6, 6.07) is 5.24. The van der Waals surface area contributed by atoms with Gasteiger partial charge >= 0.3 is 4.82 Å². The summed E-state index contributed by atoms with van der Waals surface area (Å²) in [5.41, 5.74) is 1.25. The Hall–Kier alpha value is -1.56. The maximum atomic E-state index is 11.9. The number of hydrogen-bond donors (Lipinski definition) is 1. The van der Waals surface area contributed by atoms with Crippen LogP contribution < -0.4 is 15.0 Å². The molecule has 0 spiro atoms. The van der Waals surface area contributed by atoms with E-state index in [9.17, 15) is 9.59 Å². The zero-order valence-electron chi connectivity index (χ0n) is 9.36. The maximum Gasteiger partial charge on any atom is 0.301 e. The van der Waals surface area contributed by atoms with Gasteiger partial charge in [0.1, 0.15) is 5.75 Å². The van der Waals surface area contributed by atoms with Crippen molar-refractivity contribution in [3.8, 4) is 5.75 Å². The third-order valence-electron chi connectivity index (χ3n) is 2.54. The number of amides is 2. The number of anilines is 2. The van der Waals surface area contributed by atoms with Crippen LogP contribution in [0.2, 0.25) is 0 Å². The molecule has 0 aromatic heterocycles. The molecule has 6 heteroatoms. The summed E-state index contributed by atoms with van der Waals surface area (Å²) < 4.78 is 5.43. The number of halogens is 1. The topological polar surface area (TPSA) is 58.6 Å². The highest BCUT2D eigenvalue weighted by molar-refractivity contribution is 9.18. The molecular formula is C11H11BrN2O3. The fourth-order valence-corrected chi connectivity index (χ4v) is 2.04. The van der Waals surface area contributed by atoms with E-state index in [2.05, 4.69) is 21.2 Å². The van der Waals surface area contributed by atoms with E-state index in [1.807, 2.05) is 6.07 Å². The van der Waals surface area contributed by atoms with Crippen LogP contribution in [0.1, 0.15) is 6.92 Å². The molecule has 1 aliphatic heterocycles. The van der Waals surface area contributed by atoms with Gasteiger partial charge in [0.25, 0.3) is 5.91 Å². The predicted octanol–water partition coefficient (Wildman–Crippen LogP) is 2.36. The third kappa shape index (κ3) is 2.00. The van der Waals surface area contributed by atoms with Crippen LogP contribution in [0.4, 0.5) is 16.2 Å². The van der Waals surface area contributed by atoms with Crippen LogP contribution in [0.15, 0.2) is 18.2 Å². The van der Waals surface area contributed by atoms with E-state index in [0.29, 0.717) is 11.4 Å². The Balaban J connectivity index is 2.55. The van der Waals surface area contributed by atoms with Gasteiger partial charge in [0.05, 0.1) is 5.69 Å². The zero-order chi connectivity index (χ0) is 12.6. The zero-order valence-corrected chi connectivity index (χ0v) is 10.9. The molecule has 0 saturated carbocycles. The first-order valence-corrected chi connectivity index (χ1v) is 5.85. The van der Waals surface area contributed by atoms with Crippen molar-refractivity contribution in [2.24, 2.45) is 0 Å². The Morgan fingerprint density at radius 2 is 2.24 bits per heavy atom. The van der Waals surface area contributed by atoms with Crippen molar-refractivity contribution in [1.82, 2.24) is 0 Å². The average molecular weight is 299 g/mol. The van der Waals surface area contributed by atoms with Gasteiger partial charge in [-0.2, -0.15) is 0 Å². The van der Waals surface area contributed by atoms with Crippen molar-refractivity contribution in [2.45, 2.75) is 13.0 Å². The number of nitrogens with one attached hydrogen (secondary N) is 1. The largest absolute Gasteiger partial charge is 0.479 e. The van der Waals surface area contributed by atoms with Crippen molar-refractivity contribution >= 4 is 38.0 Å². The van der Waals surface area contributed by atoms with E-state index in [1.54, 1.807) is 26.1 Å². The Labute approximate surface area is 107 Å². The molecule has 0 bridgehead atoms. The van der Waals surface area contributed by atoms with Gasteiger partial charge in [-0.3, -0.25) is 9.59 Å². The molecule has 1 aromatic carbocycles. The average Bonchev–Trinajstić information content (AvgIpc) is 2.29. The van der Waals surface area contributed by atoms with Crippen LogP contribution in [0.25, 0.3) is 0 Å². The molecule has 2 rings (SSSR count). The first-order chi connectivity index (χ1) is 8.04. The molecule has 1 heterocycles. The molecule has 1 aromatic rings. The lowest BCUT2D eigenvalue weighted by atomic mass is 10.2. The summed E-state index contributed by atoms with van der Waals surface area (Å²) in [6.07, 6.45) is -0.663. The minimum absolute atomic E-state index is 0.382. The van der Waals surface area contributed by atoms with E-state index in [4.69, 9.17) is 4.74 Å². The van der Waals surface area contributed by atoms with Gasteiger partial charge in [-0.1, -0.05) is 0 Å². The highest BCUT2D eigenvalue weighted by atomic mass is 79.9. The van der Waals surface area contributed by atoms with Gasteiger partial charge < -0.3 is 10.1 Å². The van der Waals surface area contributed by atoms with Crippen LogP contribution in [0.5, 0.6) is 5.75 Å². The molecule has 90 valence electrons. The van der Waals surface area contributed by atoms with E-state index in [0.717, 1.165) is 10.6 Å². The molecular weight excluding hydrogens is 288 g/mol. The second-order valence-electron chi connectivity index (χ2n) is 3.62. The number of imide groups is 1. The van der Waals surface area contributed by atoms with Crippen molar-refractivity contribution in [2.75, 3.05) is 17.3 Å². The van der Waals surface area contributed by atoms with Gasteiger partial charge in [-0.25, -0.2) is 4.90 Å². The van der Waals surface area contributed by atoms with Crippen LogP contribution in [0, 0.1) is 0 Å². The fraction of sp³-hybridized carbons (Fsp3) is 0.273. The summed E-state index contributed by atoms with van der Waals surface area (Å²) in [5, 5.41) is 2.94. The number of benzene rings is 1. The summed E-state index contributed by atoms with van der Waals surface area (Å²) in [7, 11) is 1.76. The van der Waals surface area contributed by atoms with Crippen LogP contribution >= 0.6 is 15.9 Å². The fourth-order valence-electron chi connectivity index (χ4n) is 1.67. The number of carbonyl (C=O) groups is 2. The van der Waals surface area contributed by atoms with Gasteiger partial charge in [-0.15, -0.1) is 0 Å². The number of nitrogens with zero attached hydrogens (tertiary/aromatic N) is 1. The SMILES string of the molecule is CNc1ccc2c(c1)N(C(=O)Br)C(=O)C(C)O2. The second kappa shape index (κ2) is 4.37. The second-order valence-corrected chi connectivity index (χ2v) is 4.30. The number of hydrogen-bond acceptors (Lipinski definition) is 4. The van der Waals surface area contributed by atoms with Gasteiger partial charge in [0.15, 0.2) is 6.10 Å². The summed E-state index contributed by atoms with van der Waals surface area (Å²) in [5.74, 6) is 0.136. The van der Waals surface area contributed by atoms with Gasteiger partial charge in [0.2, 0.25) is 0 Å². The van der Waals surface area contributed by atoms with Crippen LogP contribution in [-0.4, -0.2) is 23.9 Å². The molecule has 1 unspecified atom stereocenters. The monoisotopic (exact) mass is 298 g/mol. The van der Waals surface area contributed by atoms with Crippen molar-refractivity contribution in [1.29, 1.82) is 0 Å². The van der Waals surface area contributed by atoms with E-state index in [1.165, 1.54) is 0 Å². The standard InChI is InChI=1S/C11H11BrN2O3/c1-6-10(15)14(11(12)16)8-5-7(13-2)3-4-9(8)17-6/h3-6,13H,1-2H3. The summed E-state index contributed by atoms with van der Waals surface area (Å²) in [4.78, 5) is 23.9. The first kappa shape index (κ1) is 11.9. The minimum Gasteiger partial charge on any atom is -0.479 e. The highest BCUT2D eigenvalue weighted by Gasteiger charge is 2.34. The lowest BCUT2D eigenvalue weighted by Crippen LogP contribution is -2.45. The lowest BCUT2D eigenvalue weighted by Gasteiger charge is -2.30. The molecule has 5 nitrogen and oxygen atoms in total. The smallest absolute Gasteiger partial charge is 0.301 e. The highest BCUT2D eigenvalue weighted by Crippen LogP contribution is 2.37. The molecule has 1 atom stereocenters. The molecule has 2 amide bonds. The summed E-state index contributed by atoms with van der Waals surface area (Å²) in [6.45, 7) is 1.61. The third-order valence-corrected chi connectivity index (χ3v) is 2.89.